The Morgan fingerprint density at radius 3 is 2.32 bits per heavy atom. The van der Waals surface area contributed by atoms with E-state index in [1.54, 1.807) is 0 Å². The van der Waals surface area contributed by atoms with E-state index in [9.17, 15) is 4.79 Å². The molecule has 0 heterocycles. The molecule has 3 nitrogen and oxygen atoms in total. The van der Waals surface area contributed by atoms with Crippen LogP contribution in [-0.2, 0) is 4.79 Å². The lowest BCUT2D eigenvalue weighted by molar-refractivity contribution is -0.124. The summed E-state index contributed by atoms with van der Waals surface area (Å²) < 4.78 is 0. The first-order valence-corrected chi connectivity index (χ1v) is 7.96. The van der Waals surface area contributed by atoms with E-state index in [0.717, 1.165) is 19.3 Å². The van der Waals surface area contributed by atoms with Crippen LogP contribution in [0.5, 0.6) is 0 Å². The number of hydrogen-bond acceptors (Lipinski definition) is 2. The van der Waals surface area contributed by atoms with E-state index in [-0.39, 0.29) is 16.9 Å². The molecule has 1 unspecified atom stereocenters. The minimum absolute atomic E-state index is 0.0606. The predicted octanol–water partition coefficient (Wildman–Crippen LogP) is 2.99. The summed E-state index contributed by atoms with van der Waals surface area (Å²) in [6, 6.07) is 0.373. The van der Waals surface area contributed by atoms with E-state index >= 15 is 0 Å². The second-order valence-electron chi connectivity index (χ2n) is 7.27. The van der Waals surface area contributed by atoms with Crippen LogP contribution in [-0.4, -0.2) is 24.5 Å². The van der Waals surface area contributed by atoms with Gasteiger partial charge in [-0.2, -0.15) is 0 Å². The van der Waals surface area contributed by atoms with Crippen molar-refractivity contribution in [2.45, 2.75) is 83.2 Å². The molecular weight excluding hydrogens is 236 g/mol. The van der Waals surface area contributed by atoms with Gasteiger partial charge in [-0.25, -0.2) is 0 Å². The van der Waals surface area contributed by atoms with Gasteiger partial charge in [-0.15, -0.1) is 0 Å². The Labute approximate surface area is 117 Å². The van der Waals surface area contributed by atoms with Gasteiger partial charge in [0.2, 0.25) is 5.91 Å². The SMILES string of the molecule is CNC1(CC(=O)NC2CCCC2(C)C)CCCCC1. The Morgan fingerprint density at radius 1 is 1.11 bits per heavy atom. The quantitative estimate of drug-likeness (QED) is 0.821. The zero-order valence-electron chi connectivity index (χ0n) is 12.8. The van der Waals surface area contributed by atoms with Crippen molar-refractivity contribution in [1.29, 1.82) is 0 Å². The molecule has 2 aliphatic carbocycles. The highest BCUT2D eigenvalue weighted by atomic mass is 16.1. The Balaban J connectivity index is 1.89. The van der Waals surface area contributed by atoms with Crippen LogP contribution < -0.4 is 10.6 Å². The van der Waals surface area contributed by atoms with Gasteiger partial charge in [0.05, 0.1) is 0 Å². The standard InChI is InChI=1S/C16H30N2O/c1-15(2)9-7-8-13(15)18-14(19)12-16(17-3)10-5-4-6-11-16/h13,17H,4-12H2,1-3H3,(H,18,19). The van der Waals surface area contributed by atoms with Gasteiger partial charge in [0.1, 0.15) is 0 Å². The third-order valence-electron chi connectivity index (χ3n) is 5.43. The van der Waals surface area contributed by atoms with Crippen molar-refractivity contribution in [3.8, 4) is 0 Å². The molecule has 1 atom stereocenters. The lowest BCUT2D eigenvalue weighted by Crippen LogP contribution is -2.50. The van der Waals surface area contributed by atoms with Gasteiger partial charge in [-0.05, 0) is 38.1 Å². The molecule has 2 N–H and O–H groups in total. The Hall–Kier alpha value is -0.570. The number of amides is 1. The van der Waals surface area contributed by atoms with Crippen LogP contribution in [0.25, 0.3) is 0 Å². The molecule has 2 rings (SSSR count). The molecule has 0 radical (unpaired) electrons. The zero-order chi connectivity index (χ0) is 13.9. The van der Waals surface area contributed by atoms with Gasteiger partial charge < -0.3 is 10.6 Å². The monoisotopic (exact) mass is 266 g/mol. The highest BCUT2D eigenvalue weighted by Gasteiger charge is 2.37. The first kappa shape index (κ1) is 14.8. The largest absolute Gasteiger partial charge is 0.353 e. The summed E-state index contributed by atoms with van der Waals surface area (Å²) in [6.45, 7) is 4.55. The number of carbonyl (C=O) groups excluding carboxylic acids is 1. The molecule has 0 aromatic carbocycles. The maximum Gasteiger partial charge on any atom is 0.222 e. The molecular formula is C16H30N2O. The highest BCUT2D eigenvalue weighted by molar-refractivity contribution is 5.77. The van der Waals surface area contributed by atoms with E-state index in [4.69, 9.17) is 0 Å². The normalized spacial score (nSPS) is 29.1. The summed E-state index contributed by atoms with van der Waals surface area (Å²) in [6.07, 6.45) is 10.4. The van der Waals surface area contributed by atoms with Gasteiger partial charge in [-0.1, -0.05) is 39.5 Å². The summed E-state index contributed by atoms with van der Waals surface area (Å²) in [7, 11) is 2.01. The number of carbonyl (C=O) groups is 1. The third-order valence-corrected chi connectivity index (χ3v) is 5.43. The van der Waals surface area contributed by atoms with Gasteiger partial charge in [0, 0.05) is 18.0 Å². The van der Waals surface area contributed by atoms with E-state index in [1.807, 2.05) is 7.05 Å². The van der Waals surface area contributed by atoms with E-state index < -0.39 is 0 Å². The van der Waals surface area contributed by atoms with Gasteiger partial charge in [0.15, 0.2) is 0 Å². The number of nitrogens with one attached hydrogen (secondary N) is 2. The molecule has 3 heteroatoms. The summed E-state index contributed by atoms with van der Waals surface area (Å²) in [5, 5.41) is 6.73. The second-order valence-corrected chi connectivity index (χ2v) is 7.27. The predicted molar refractivity (Wildman–Crippen MR) is 79.1 cm³/mol. The van der Waals surface area contributed by atoms with Crippen molar-refractivity contribution in [1.82, 2.24) is 10.6 Å². The van der Waals surface area contributed by atoms with Crippen LogP contribution in [0, 0.1) is 5.41 Å². The van der Waals surface area contributed by atoms with Crippen molar-refractivity contribution < 1.29 is 4.79 Å². The molecule has 2 saturated carbocycles. The van der Waals surface area contributed by atoms with Crippen molar-refractivity contribution >= 4 is 5.91 Å². The maximum atomic E-state index is 12.4. The van der Waals surface area contributed by atoms with Gasteiger partial charge >= 0.3 is 0 Å². The lowest BCUT2D eigenvalue weighted by atomic mass is 9.79. The molecule has 0 aromatic heterocycles. The Kier molecular flexibility index (Phi) is 4.54. The molecule has 0 saturated heterocycles. The molecule has 0 aliphatic heterocycles. The summed E-state index contributed by atoms with van der Waals surface area (Å²) in [4.78, 5) is 12.4. The van der Waals surface area contributed by atoms with E-state index in [2.05, 4.69) is 24.5 Å². The first-order valence-electron chi connectivity index (χ1n) is 7.96. The maximum absolute atomic E-state index is 12.4. The van der Waals surface area contributed by atoms with Crippen molar-refractivity contribution in [2.75, 3.05) is 7.05 Å². The summed E-state index contributed by atoms with van der Waals surface area (Å²) in [5.74, 6) is 0.247. The summed E-state index contributed by atoms with van der Waals surface area (Å²) >= 11 is 0. The third kappa shape index (κ3) is 3.50. The van der Waals surface area contributed by atoms with Crippen molar-refractivity contribution in [3.63, 3.8) is 0 Å². The Morgan fingerprint density at radius 2 is 1.79 bits per heavy atom. The van der Waals surface area contributed by atoms with Crippen LogP contribution >= 0.6 is 0 Å². The van der Waals surface area contributed by atoms with Crippen LogP contribution in [0.1, 0.15) is 71.6 Å². The summed E-state index contributed by atoms with van der Waals surface area (Å²) in [5.41, 5.74) is 0.333. The van der Waals surface area contributed by atoms with Crippen LogP contribution in [0.15, 0.2) is 0 Å². The molecule has 1 amide bonds. The lowest BCUT2D eigenvalue weighted by Gasteiger charge is -2.37. The Bertz CT molecular complexity index is 319. The van der Waals surface area contributed by atoms with E-state index in [1.165, 1.54) is 32.1 Å². The highest BCUT2D eigenvalue weighted by Crippen LogP contribution is 2.37. The smallest absolute Gasteiger partial charge is 0.222 e. The molecule has 2 aliphatic rings. The number of hydrogen-bond donors (Lipinski definition) is 2. The zero-order valence-corrected chi connectivity index (χ0v) is 12.8. The minimum Gasteiger partial charge on any atom is -0.353 e. The van der Waals surface area contributed by atoms with Crippen LogP contribution in [0.2, 0.25) is 0 Å². The fourth-order valence-electron chi connectivity index (χ4n) is 3.89. The molecule has 2 fully saturated rings. The average Bonchev–Trinajstić information content (AvgIpc) is 2.70. The van der Waals surface area contributed by atoms with Gasteiger partial charge in [-0.3, -0.25) is 4.79 Å². The van der Waals surface area contributed by atoms with Crippen molar-refractivity contribution in [3.05, 3.63) is 0 Å². The minimum atomic E-state index is 0.0606. The second kappa shape index (κ2) is 5.82. The van der Waals surface area contributed by atoms with Crippen molar-refractivity contribution in [2.24, 2.45) is 5.41 Å². The average molecular weight is 266 g/mol. The first-order chi connectivity index (χ1) is 8.97. The molecule has 0 spiro atoms. The fourth-order valence-corrected chi connectivity index (χ4v) is 3.89. The van der Waals surface area contributed by atoms with Crippen LogP contribution in [0.4, 0.5) is 0 Å². The van der Waals surface area contributed by atoms with Crippen LogP contribution in [0.3, 0.4) is 0 Å². The molecule has 0 aromatic rings. The number of rotatable bonds is 4. The molecule has 19 heavy (non-hydrogen) atoms. The molecule has 0 bridgehead atoms. The van der Waals surface area contributed by atoms with Gasteiger partial charge in [0.25, 0.3) is 0 Å². The van der Waals surface area contributed by atoms with E-state index in [0.29, 0.717) is 12.5 Å². The fraction of sp³-hybridized carbons (Fsp3) is 0.938. The molecule has 110 valence electrons. The topological polar surface area (TPSA) is 41.1 Å².